The van der Waals surface area contributed by atoms with E-state index < -0.39 is 0 Å². The fourth-order valence-corrected chi connectivity index (χ4v) is 3.95. The summed E-state index contributed by atoms with van der Waals surface area (Å²) in [5.74, 6) is 0. The van der Waals surface area contributed by atoms with E-state index in [0.717, 1.165) is 0 Å². The van der Waals surface area contributed by atoms with E-state index in [1.165, 1.54) is 44.0 Å². The first-order valence-electron chi connectivity index (χ1n) is 6.14. The zero-order valence-corrected chi connectivity index (χ0v) is 13.8. The molecule has 0 heterocycles. The average molecular weight is 274 g/mol. The Bertz CT molecular complexity index is 511. The van der Waals surface area contributed by atoms with E-state index in [-0.39, 0.29) is 0 Å². The number of aryl methyl sites for hydroxylation is 4. The molecule has 0 saturated carbocycles. The van der Waals surface area contributed by atoms with Crippen molar-refractivity contribution in [1.82, 2.24) is 0 Å². The van der Waals surface area contributed by atoms with Gasteiger partial charge in [0, 0.05) is 0 Å². The van der Waals surface area contributed by atoms with Crippen LogP contribution in [0.1, 0.15) is 22.3 Å². The highest BCUT2D eigenvalue weighted by Gasteiger charge is 2.12. The molecule has 2 rings (SSSR count). The maximum absolute atomic E-state index is 2.88. The summed E-state index contributed by atoms with van der Waals surface area (Å²) in [7, 11) is 5.75. The van der Waals surface area contributed by atoms with Gasteiger partial charge in [0.05, 0.1) is 0 Å². The normalized spacial score (nSPS) is 10.8. The Balaban J connectivity index is 2.78. The Kier molecular flexibility index (Phi) is 3.90. The molecule has 94 valence electrons. The standard InChI is InChI=1S/C16H20P2/c1-9-5-11(3)15(13(17)7-9)16-12(4)6-10(2)8-14(16)18/h5-8H,17-18H2,1-4H3. The maximum atomic E-state index is 2.88. The Labute approximate surface area is 115 Å². The monoisotopic (exact) mass is 274 g/mol. The number of hydrogen-bond donors (Lipinski definition) is 0. The van der Waals surface area contributed by atoms with E-state index in [2.05, 4.69) is 70.4 Å². The molecule has 0 radical (unpaired) electrons. The molecule has 0 N–H and O–H groups in total. The molecule has 2 heteroatoms. The lowest BCUT2D eigenvalue weighted by Crippen LogP contribution is -2.09. The third kappa shape index (κ3) is 2.51. The zero-order valence-electron chi connectivity index (χ0n) is 11.5. The lowest BCUT2D eigenvalue weighted by molar-refractivity contribution is 1.37. The summed E-state index contributed by atoms with van der Waals surface area (Å²) in [6.07, 6.45) is 0. The molecule has 0 aliphatic rings. The van der Waals surface area contributed by atoms with Gasteiger partial charge in [-0.2, -0.15) is 0 Å². The van der Waals surface area contributed by atoms with Crippen molar-refractivity contribution in [2.45, 2.75) is 27.7 Å². The second-order valence-corrected chi connectivity index (χ2v) is 6.34. The molecule has 0 bridgehead atoms. The SMILES string of the molecule is Cc1cc(C)c(-c2c(C)cc(C)cc2P)c(P)c1. The number of rotatable bonds is 1. The molecule has 2 aromatic rings. The summed E-state index contributed by atoms with van der Waals surface area (Å²) >= 11 is 0. The molecule has 0 fully saturated rings. The largest absolute Gasteiger partial charge is 0.105 e. The summed E-state index contributed by atoms with van der Waals surface area (Å²) in [5, 5.41) is 2.56. The first-order valence-corrected chi connectivity index (χ1v) is 7.29. The third-order valence-corrected chi connectivity index (χ3v) is 4.18. The minimum absolute atomic E-state index is 1.28. The van der Waals surface area contributed by atoms with E-state index in [1.807, 2.05) is 0 Å². The Hall–Kier alpha value is -0.700. The highest BCUT2D eigenvalue weighted by molar-refractivity contribution is 7.29. The number of hydrogen-bond acceptors (Lipinski definition) is 0. The molecule has 2 unspecified atom stereocenters. The Morgan fingerprint density at radius 1 is 0.611 bits per heavy atom. The van der Waals surface area contributed by atoms with Crippen LogP contribution in [0.3, 0.4) is 0 Å². The van der Waals surface area contributed by atoms with Gasteiger partial charge in [-0.15, -0.1) is 18.5 Å². The van der Waals surface area contributed by atoms with Gasteiger partial charge in [0.25, 0.3) is 0 Å². The van der Waals surface area contributed by atoms with Gasteiger partial charge in [0.2, 0.25) is 0 Å². The molecule has 0 spiro atoms. The van der Waals surface area contributed by atoms with E-state index in [9.17, 15) is 0 Å². The van der Waals surface area contributed by atoms with Crippen LogP contribution in [-0.2, 0) is 0 Å². The van der Waals surface area contributed by atoms with Crippen LogP contribution in [0.4, 0.5) is 0 Å². The molecular weight excluding hydrogens is 254 g/mol. The van der Waals surface area contributed by atoms with Crippen molar-refractivity contribution in [3.8, 4) is 11.1 Å². The van der Waals surface area contributed by atoms with Crippen molar-refractivity contribution in [3.63, 3.8) is 0 Å². The van der Waals surface area contributed by atoms with Crippen molar-refractivity contribution in [2.75, 3.05) is 0 Å². The van der Waals surface area contributed by atoms with Gasteiger partial charge in [0.1, 0.15) is 0 Å². The summed E-state index contributed by atoms with van der Waals surface area (Å²) in [5.41, 5.74) is 8.03. The summed E-state index contributed by atoms with van der Waals surface area (Å²) in [6.45, 7) is 8.68. The maximum Gasteiger partial charge on any atom is -0.00739 e. The molecule has 0 aliphatic carbocycles. The molecular formula is C16H20P2. The van der Waals surface area contributed by atoms with Gasteiger partial charge in [-0.1, -0.05) is 35.4 Å². The van der Waals surface area contributed by atoms with Crippen molar-refractivity contribution in [3.05, 3.63) is 46.5 Å². The van der Waals surface area contributed by atoms with Gasteiger partial charge in [-0.05, 0) is 60.6 Å². The zero-order chi connectivity index (χ0) is 13.4. The van der Waals surface area contributed by atoms with Crippen LogP contribution in [-0.4, -0.2) is 0 Å². The van der Waals surface area contributed by atoms with Gasteiger partial charge < -0.3 is 0 Å². The smallest absolute Gasteiger partial charge is 0.00739 e. The van der Waals surface area contributed by atoms with E-state index in [0.29, 0.717) is 0 Å². The quantitative estimate of drug-likeness (QED) is 0.697. The molecule has 18 heavy (non-hydrogen) atoms. The summed E-state index contributed by atoms with van der Waals surface area (Å²) < 4.78 is 0. The van der Waals surface area contributed by atoms with Gasteiger partial charge in [0.15, 0.2) is 0 Å². The van der Waals surface area contributed by atoms with Crippen LogP contribution >= 0.6 is 18.5 Å². The fourth-order valence-electron chi connectivity index (χ4n) is 2.68. The fraction of sp³-hybridized carbons (Fsp3) is 0.250. The van der Waals surface area contributed by atoms with Gasteiger partial charge in [-0.25, -0.2) is 0 Å². The lowest BCUT2D eigenvalue weighted by atomic mass is 9.94. The second-order valence-electron chi connectivity index (χ2n) is 5.09. The van der Waals surface area contributed by atoms with Crippen LogP contribution in [0, 0.1) is 27.7 Å². The molecule has 0 aromatic heterocycles. The molecule has 0 nitrogen and oxygen atoms in total. The average Bonchev–Trinajstić information content (AvgIpc) is 2.20. The molecule has 2 aromatic carbocycles. The van der Waals surface area contributed by atoms with E-state index in [1.54, 1.807) is 0 Å². The Morgan fingerprint density at radius 2 is 0.944 bits per heavy atom. The van der Waals surface area contributed by atoms with Crippen LogP contribution in [0.15, 0.2) is 24.3 Å². The minimum atomic E-state index is 1.28. The van der Waals surface area contributed by atoms with Crippen LogP contribution in [0.25, 0.3) is 11.1 Å². The van der Waals surface area contributed by atoms with E-state index in [4.69, 9.17) is 0 Å². The van der Waals surface area contributed by atoms with Crippen LogP contribution < -0.4 is 10.6 Å². The van der Waals surface area contributed by atoms with Gasteiger partial charge in [-0.3, -0.25) is 0 Å². The first kappa shape index (κ1) is 13.7. The highest BCUT2D eigenvalue weighted by atomic mass is 31.0. The van der Waals surface area contributed by atoms with E-state index >= 15 is 0 Å². The topological polar surface area (TPSA) is 0 Å². The lowest BCUT2D eigenvalue weighted by Gasteiger charge is -2.17. The summed E-state index contributed by atoms with van der Waals surface area (Å²) in [4.78, 5) is 0. The molecule has 0 aliphatic heterocycles. The van der Waals surface area contributed by atoms with Crippen molar-refractivity contribution in [2.24, 2.45) is 0 Å². The molecule has 0 amide bonds. The third-order valence-electron chi connectivity index (χ3n) is 3.27. The molecule has 0 saturated heterocycles. The molecule has 2 atom stereocenters. The predicted molar refractivity (Wildman–Crippen MR) is 89.5 cm³/mol. The van der Waals surface area contributed by atoms with Crippen LogP contribution in [0.2, 0.25) is 0 Å². The number of benzene rings is 2. The second kappa shape index (κ2) is 5.12. The highest BCUT2D eigenvalue weighted by Crippen LogP contribution is 2.28. The summed E-state index contributed by atoms with van der Waals surface area (Å²) in [6, 6.07) is 8.98. The van der Waals surface area contributed by atoms with Crippen molar-refractivity contribution < 1.29 is 0 Å². The first-order chi connectivity index (χ1) is 8.40. The predicted octanol–water partition coefficient (Wildman–Crippen LogP) is 3.59. The van der Waals surface area contributed by atoms with Crippen molar-refractivity contribution in [1.29, 1.82) is 0 Å². The van der Waals surface area contributed by atoms with Crippen LogP contribution in [0.5, 0.6) is 0 Å². The minimum Gasteiger partial charge on any atom is -0.105 e. The van der Waals surface area contributed by atoms with Crippen molar-refractivity contribution >= 4 is 29.1 Å². The van der Waals surface area contributed by atoms with Gasteiger partial charge >= 0.3 is 0 Å². The Morgan fingerprint density at radius 3 is 1.22 bits per heavy atom.